The van der Waals surface area contributed by atoms with Crippen molar-refractivity contribution in [3.8, 4) is 11.3 Å². The van der Waals surface area contributed by atoms with Gasteiger partial charge >= 0.3 is 0 Å². The fraction of sp³-hybridized carbons (Fsp3) is 0.182. The molecule has 1 heterocycles. The number of rotatable bonds is 8. The average molecular weight is 380 g/mol. The van der Waals surface area contributed by atoms with Crippen molar-refractivity contribution in [1.82, 2.24) is 5.32 Å². The van der Waals surface area contributed by atoms with E-state index < -0.39 is 5.91 Å². The van der Waals surface area contributed by atoms with Crippen LogP contribution in [-0.4, -0.2) is 18.4 Å². The number of carbonyl (C=O) groups excluding carboxylic acids is 2. The Morgan fingerprint density at radius 3 is 2.61 bits per heavy atom. The molecule has 6 heteroatoms. The molecule has 3 rings (SSSR count). The van der Waals surface area contributed by atoms with Crippen molar-refractivity contribution in [2.45, 2.75) is 19.3 Å². The maximum Gasteiger partial charge on any atom is 0.248 e. The van der Waals surface area contributed by atoms with Gasteiger partial charge in [0.05, 0.1) is 5.56 Å². The molecule has 144 valence electrons. The summed E-state index contributed by atoms with van der Waals surface area (Å²) < 4.78 is 19.4. The molecule has 1 aromatic heterocycles. The summed E-state index contributed by atoms with van der Waals surface area (Å²) >= 11 is 0. The van der Waals surface area contributed by atoms with Crippen molar-refractivity contribution in [1.29, 1.82) is 0 Å². The summed E-state index contributed by atoms with van der Waals surface area (Å²) in [6, 6.07) is 16.9. The van der Waals surface area contributed by atoms with Crippen LogP contribution in [0.1, 0.15) is 28.1 Å². The quantitative estimate of drug-likeness (QED) is 0.627. The topological polar surface area (TPSA) is 85.3 Å². The van der Waals surface area contributed by atoms with E-state index in [0.29, 0.717) is 42.0 Å². The van der Waals surface area contributed by atoms with Gasteiger partial charge in [-0.2, -0.15) is 0 Å². The van der Waals surface area contributed by atoms with E-state index in [1.807, 2.05) is 6.07 Å². The third kappa shape index (κ3) is 5.07. The van der Waals surface area contributed by atoms with Crippen LogP contribution in [0.15, 0.2) is 65.1 Å². The van der Waals surface area contributed by atoms with Gasteiger partial charge in [0.15, 0.2) is 0 Å². The van der Waals surface area contributed by atoms with Crippen molar-refractivity contribution >= 4 is 11.8 Å². The molecule has 28 heavy (non-hydrogen) atoms. The summed E-state index contributed by atoms with van der Waals surface area (Å²) in [7, 11) is 0. The van der Waals surface area contributed by atoms with Crippen molar-refractivity contribution in [3.63, 3.8) is 0 Å². The first-order chi connectivity index (χ1) is 13.5. The largest absolute Gasteiger partial charge is 0.461 e. The van der Waals surface area contributed by atoms with E-state index in [9.17, 15) is 14.0 Å². The molecular formula is C22H21FN2O3. The Balaban J connectivity index is 1.46. The fourth-order valence-corrected chi connectivity index (χ4v) is 2.87. The molecule has 0 unspecified atom stereocenters. The Hall–Kier alpha value is -3.41. The summed E-state index contributed by atoms with van der Waals surface area (Å²) in [6.07, 6.45) is 1.30. The lowest BCUT2D eigenvalue weighted by atomic mass is 10.1. The van der Waals surface area contributed by atoms with Gasteiger partial charge in [-0.15, -0.1) is 0 Å². The highest BCUT2D eigenvalue weighted by Crippen LogP contribution is 2.25. The van der Waals surface area contributed by atoms with Crippen LogP contribution < -0.4 is 11.1 Å². The highest BCUT2D eigenvalue weighted by Gasteiger charge is 2.10. The Kier molecular flexibility index (Phi) is 6.22. The Labute approximate surface area is 162 Å². The van der Waals surface area contributed by atoms with Crippen LogP contribution in [0, 0.1) is 5.82 Å². The molecule has 0 saturated heterocycles. The van der Waals surface area contributed by atoms with Crippen LogP contribution in [0.2, 0.25) is 0 Å². The number of amides is 2. The molecule has 0 aliphatic rings. The number of aryl methyl sites for hydroxylation is 1. The normalized spacial score (nSPS) is 10.6. The van der Waals surface area contributed by atoms with E-state index in [0.717, 1.165) is 5.56 Å². The molecule has 0 atom stereocenters. The van der Waals surface area contributed by atoms with E-state index in [-0.39, 0.29) is 18.1 Å². The van der Waals surface area contributed by atoms with Gasteiger partial charge in [-0.25, -0.2) is 4.39 Å². The molecule has 0 aliphatic heterocycles. The van der Waals surface area contributed by atoms with Gasteiger partial charge in [0.25, 0.3) is 0 Å². The minimum atomic E-state index is -0.473. The van der Waals surface area contributed by atoms with Gasteiger partial charge in [0, 0.05) is 24.9 Å². The number of hydrogen-bond donors (Lipinski definition) is 2. The second kappa shape index (κ2) is 8.99. The maximum absolute atomic E-state index is 13.8. The molecule has 0 spiro atoms. The number of furan rings is 1. The van der Waals surface area contributed by atoms with Crippen molar-refractivity contribution in [2.24, 2.45) is 5.73 Å². The molecular weight excluding hydrogens is 359 g/mol. The van der Waals surface area contributed by atoms with Gasteiger partial charge in [-0.3, -0.25) is 9.59 Å². The van der Waals surface area contributed by atoms with E-state index in [1.54, 1.807) is 48.5 Å². The monoisotopic (exact) mass is 380 g/mol. The van der Waals surface area contributed by atoms with Crippen LogP contribution >= 0.6 is 0 Å². The van der Waals surface area contributed by atoms with Crippen LogP contribution in [0.5, 0.6) is 0 Å². The lowest BCUT2D eigenvalue weighted by Crippen LogP contribution is -2.25. The number of primary amides is 1. The van der Waals surface area contributed by atoms with Gasteiger partial charge in [0.1, 0.15) is 17.3 Å². The zero-order valence-corrected chi connectivity index (χ0v) is 15.3. The average Bonchev–Trinajstić information content (AvgIpc) is 3.16. The molecule has 0 bridgehead atoms. The summed E-state index contributed by atoms with van der Waals surface area (Å²) in [5, 5.41) is 2.84. The van der Waals surface area contributed by atoms with Gasteiger partial charge in [0.2, 0.25) is 11.8 Å². The minimum absolute atomic E-state index is 0.102. The first-order valence-corrected chi connectivity index (χ1v) is 9.02. The lowest BCUT2D eigenvalue weighted by molar-refractivity contribution is -0.121. The van der Waals surface area contributed by atoms with Gasteiger partial charge in [-0.05, 0) is 48.4 Å². The first kappa shape index (κ1) is 19.4. The number of halogens is 1. The molecule has 0 fully saturated rings. The highest BCUT2D eigenvalue weighted by molar-refractivity contribution is 5.92. The summed E-state index contributed by atoms with van der Waals surface area (Å²) in [4.78, 5) is 23.2. The zero-order valence-electron chi connectivity index (χ0n) is 15.3. The first-order valence-electron chi connectivity index (χ1n) is 9.02. The third-order valence-electron chi connectivity index (χ3n) is 4.35. The predicted molar refractivity (Wildman–Crippen MR) is 104 cm³/mol. The lowest BCUT2D eigenvalue weighted by Gasteiger charge is -2.06. The Bertz CT molecular complexity index is 981. The van der Waals surface area contributed by atoms with Crippen molar-refractivity contribution < 1.29 is 18.4 Å². The van der Waals surface area contributed by atoms with E-state index in [1.165, 1.54) is 6.07 Å². The molecule has 2 amide bonds. The Morgan fingerprint density at radius 1 is 1.00 bits per heavy atom. The summed E-state index contributed by atoms with van der Waals surface area (Å²) in [5.41, 5.74) is 7.04. The van der Waals surface area contributed by atoms with Crippen molar-refractivity contribution in [2.75, 3.05) is 6.54 Å². The second-order valence-electron chi connectivity index (χ2n) is 6.41. The maximum atomic E-state index is 13.8. The number of carbonyl (C=O) groups is 2. The molecule has 5 nitrogen and oxygen atoms in total. The standard InChI is InChI=1S/C22H21FN2O3/c23-19-7-2-1-6-18(19)20-10-8-17(28-20)9-11-21(26)25-13-12-15-4-3-5-16(14-15)22(24)27/h1-8,10,14H,9,11-13H2,(H2,24,27)(H,25,26). The molecule has 3 aromatic rings. The van der Waals surface area contributed by atoms with Gasteiger partial charge < -0.3 is 15.5 Å². The molecule has 2 aromatic carbocycles. The predicted octanol–water partition coefficient (Wildman–Crippen LogP) is 3.48. The third-order valence-corrected chi connectivity index (χ3v) is 4.35. The zero-order chi connectivity index (χ0) is 19.9. The fourth-order valence-electron chi connectivity index (χ4n) is 2.87. The smallest absolute Gasteiger partial charge is 0.248 e. The van der Waals surface area contributed by atoms with Gasteiger partial charge in [-0.1, -0.05) is 24.3 Å². The molecule has 3 N–H and O–H groups in total. The van der Waals surface area contributed by atoms with Crippen molar-refractivity contribution in [3.05, 3.63) is 83.4 Å². The van der Waals surface area contributed by atoms with Crippen LogP contribution in [0.4, 0.5) is 4.39 Å². The molecule has 0 radical (unpaired) electrons. The summed E-state index contributed by atoms with van der Waals surface area (Å²) in [5.74, 6) is 0.154. The number of benzene rings is 2. The number of nitrogens with one attached hydrogen (secondary N) is 1. The van der Waals surface area contributed by atoms with E-state index in [4.69, 9.17) is 10.2 Å². The molecule has 0 aliphatic carbocycles. The second-order valence-corrected chi connectivity index (χ2v) is 6.41. The van der Waals surface area contributed by atoms with Crippen LogP contribution in [0.25, 0.3) is 11.3 Å². The summed E-state index contributed by atoms with van der Waals surface area (Å²) in [6.45, 7) is 0.458. The SMILES string of the molecule is NC(=O)c1cccc(CCNC(=O)CCc2ccc(-c3ccccc3F)o2)c1. The van der Waals surface area contributed by atoms with Crippen LogP contribution in [0.3, 0.4) is 0 Å². The highest BCUT2D eigenvalue weighted by atomic mass is 19.1. The number of hydrogen-bond acceptors (Lipinski definition) is 3. The van der Waals surface area contributed by atoms with E-state index >= 15 is 0 Å². The minimum Gasteiger partial charge on any atom is -0.461 e. The van der Waals surface area contributed by atoms with E-state index in [2.05, 4.69) is 5.32 Å². The Morgan fingerprint density at radius 2 is 1.82 bits per heavy atom. The molecule has 0 saturated carbocycles. The van der Waals surface area contributed by atoms with Crippen LogP contribution in [-0.2, 0) is 17.6 Å². The number of nitrogens with two attached hydrogens (primary N) is 1.